The molecule has 28 heavy (non-hydrogen) atoms. The molecule has 2 heterocycles. The highest BCUT2D eigenvalue weighted by atomic mass is 35.5. The fraction of sp³-hybridized carbons (Fsp3) is 0.450. The predicted octanol–water partition coefficient (Wildman–Crippen LogP) is 2.98. The minimum atomic E-state index is -0.422. The van der Waals surface area contributed by atoms with Gasteiger partial charge < -0.3 is 19.9 Å². The zero-order chi connectivity index (χ0) is 20.3. The molecule has 8 heteroatoms. The van der Waals surface area contributed by atoms with Gasteiger partial charge in [-0.3, -0.25) is 9.59 Å². The first-order valence-corrected chi connectivity index (χ1v) is 9.71. The second-order valence-electron chi connectivity index (χ2n) is 7.00. The summed E-state index contributed by atoms with van der Waals surface area (Å²) in [5.41, 5.74) is 6.60. The van der Waals surface area contributed by atoms with Gasteiger partial charge >= 0.3 is 0 Å². The smallest absolute Gasteiger partial charge is 0.259 e. The van der Waals surface area contributed by atoms with Crippen molar-refractivity contribution in [3.8, 4) is 5.75 Å². The largest absolute Gasteiger partial charge is 0.490 e. The molecule has 0 saturated carbocycles. The normalized spacial score (nSPS) is 19.5. The molecule has 0 radical (unpaired) electrons. The van der Waals surface area contributed by atoms with Crippen LogP contribution in [0.2, 0.25) is 5.02 Å². The van der Waals surface area contributed by atoms with Gasteiger partial charge in [0.05, 0.1) is 5.69 Å². The van der Waals surface area contributed by atoms with E-state index in [0.717, 1.165) is 0 Å². The Balaban J connectivity index is 1.77. The Morgan fingerprint density at radius 1 is 1.43 bits per heavy atom. The van der Waals surface area contributed by atoms with Gasteiger partial charge in [-0.2, -0.15) is 0 Å². The number of aryl methyl sites for hydroxylation is 2. The van der Waals surface area contributed by atoms with E-state index in [1.165, 1.54) is 0 Å². The SMILES string of the molecule is CCc1noc(C)c1C(=O)N1CC[C@H](Oc2cccc(Cl)c2)[C@@H](CC(N)=O)C1. The third-order valence-electron chi connectivity index (χ3n) is 4.98. The van der Waals surface area contributed by atoms with E-state index in [1.54, 1.807) is 30.0 Å². The summed E-state index contributed by atoms with van der Waals surface area (Å²) in [5, 5.41) is 4.54. The van der Waals surface area contributed by atoms with Crippen molar-refractivity contribution in [3.63, 3.8) is 0 Å². The second-order valence-corrected chi connectivity index (χ2v) is 7.43. The number of carbonyl (C=O) groups is 2. The Labute approximate surface area is 168 Å². The van der Waals surface area contributed by atoms with Crippen molar-refractivity contribution in [2.45, 2.75) is 39.2 Å². The highest BCUT2D eigenvalue weighted by Gasteiger charge is 2.36. The lowest BCUT2D eigenvalue weighted by Gasteiger charge is -2.38. The lowest BCUT2D eigenvalue weighted by Crippen LogP contribution is -2.49. The van der Waals surface area contributed by atoms with Gasteiger partial charge in [0.2, 0.25) is 5.91 Å². The first kappa shape index (κ1) is 20.2. The van der Waals surface area contributed by atoms with Crippen LogP contribution in [0.25, 0.3) is 0 Å². The molecule has 0 unspecified atom stereocenters. The molecule has 2 amide bonds. The third kappa shape index (κ3) is 4.47. The quantitative estimate of drug-likeness (QED) is 0.796. The number of nitrogens with two attached hydrogens (primary N) is 1. The van der Waals surface area contributed by atoms with Crippen LogP contribution in [-0.4, -0.2) is 41.1 Å². The summed E-state index contributed by atoms with van der Waals surface area (Å²) in [5.74, 6) is 0.376. The average molecular weight is 406 g/mol. The van der Waals surface area contributed by atoms with Crippen LogP contribution in [0.15, 0.2) is 28.8 Å². The number of rotatable bonds is 6. The highest BCUT2D eigenvalue weighted by Crippen LogP contribution is 2.28. The summed E-state index contributed by atoms with van der Waals surface area (Å²) >= 11 is 6.03. The molecule has 3 rings (SSSR count). The van der Waals surface area contributed by atoms with Crippen LogP contribution in [0.1, 0.15) is 41.6 Å². The maximum Gasteiger partial charge on any atom is 0.259 e. The van der Waals surface area contributed by atoms with E-state index < -0.39 is 5.91 Å². The first-order valence-electron chi connectivity index (χ1n) is 9.34. The lowest BCUT2D eigenvalue weighted by atomic mass is 9.90. The van der Waals surface area contributed by atoms with Crippen molar-refractivity contribution >= 4 is 23.4 Å². The van der Waals surface area contributed by atoms with Crippen molar-refractivity contribution in [3.05, 3.63) is 46.3 Å². The molecule has 2 N–H and O–H groups in total. The van der Waals surface area contributed by atoms with Crippen LogP contribution in [-0.2, 0) is 11.2 Å². The summed E-state index contributed by atoms with van der Waals surface area (Å²) in [4.78, 5) is 26.4. The Morgan fingerprint density at radius 2 is 2.21 bits per heavy atom. The Morgan fingerprint density at radius 3 is 2.89 bits per heavy atom. The predicted molar refractivity (Wildman–Crippen MR) is 104 cm³/mol. The third-order valence-corrected chi connectivity index (χ3v) is 5.22. The molecule has 0 bridgehead atoms. The summed E-state index contributed by atoms with van der Waals surface area (Å²) < 4.78 is 11.3. The van der Waals surface area contributed by atoms with E-state index in [-0.39, 0.29) is 24.3 Å². The van der Waals surface area contributed by atoms with E-state index in [1.807, 2.05) is 13.0 Å². The van der Waals surface area contributed by atoms with Gasteiger partial charge in [-0.25, -0.2) is 0 Å². The zero-order valence-corrected chi connectivity index (χ0v) is 16.7. The summed E-state index contributed by atoms with van der Waals surface area (Å²) in [6, 6.07) is 7.12. The van der Waals surface area contributed by atoms with Gasteiger partial charge in [-0.15, -0.1) is 0 Å². The molecule has 0 spiro atoms. The fourth-order valence-corrected chi connectivity index (χ4v) is 3.79. The molecule has 2 atom stereocenters. The molecule has 1 aliphatic rings. The Hall–Kier alpha value is -2.54. The number of halogens is 1. The van der Waals surface area contributed by atoms with Crippen LogP contribution in [0.5, 0.6) is 5.75 Å². The fourth-order valence-electron chi connectivity index (χ4n) is 3.61. The number of primary amides is 1. The Bertz CT molecular complexity index is 867. The van der Waals surface area contributed by atoms with Crippen LogP contribution < -0.4 is 10.5 Å². The molecular weight excluding hydrogens is 382 g/mol. The van der Waals surface area contributed by atoms with E-state index in [4.69, 9.17) is 26.6 Å². The molecular formula is C20H24ClN3O4. The van der Waals surface area contributed by atoms with E-state index >= 15 is 0 Å². The monoisotopic (exact) mass is 405 g/mol. The average Bonchev–Trinajstić information content (AvgIpc) is 3.03. The van der Waals surface area contributed by atoms with Crippen molar-refractivity contribution in [2.24, 2.45) is 11.7 Å². The van der Waals surface area contributed by atoms with E-state index in [9.17, 15) is 9.59 Å². The van der Waals surface area contributed by atoms with Crippen LogP contribution >= 0.6 is 11.6 Å². The molecule has 2 aromatic rings. The number of aromatic nitrogens is 1. The summed E-state index contributed by atoms with van der Waals surface area (Å²) in [6.45, 7) is 4.54. The van der Waals surface area contributed by atoms with Gasteiger partial charge in [0.15, 0.2) is 0 Å². The molecule has 7 nitrogen and oxygen atoms in total. The van der Waals surface area contributed by atoms with Crippen LogP contribution in [0, 0.1) is 12.8 Å². The molecule has 1 aromatic carbocycles. The number of ether oxygens (including phenoxy) is 1. The Kier molecular flexibility index (Phi) is 6.24. The number of carbonyl (C=O) groups excluding carboxylic acids is 2. The lowest BCUT2D eigenvalue weighted by molar-refractivity contribution is -0.120. The number of hydrogen-bond donors (Lipinski definition) is 1. The van der Waals surface area contributed by atoms with E-state index in [2.05, 4.69) is 5.16 Å². The maximum absolute atomic E-state index is 13.1. The van der Waals surface area contributed by atoms with E-state index in [0.29, 0.717) is 53.7 Å². The number of piperidine rings is 1. The van der Waals surface area contributed by atoms with Crippen LogP contribution in [0.3, 0.4) is 0 Å². The van der Waals surface area contributed by atoms with Gasteiger partial charge in [0.25, 0.3) is 5.91 Å². The van der Waals surface area contributed by atoms with Gasteiger partial charge in [-0.1, -0.05) is 29.7 Å². The number of benzene rings is 1. The molecule has 1 aliphatic heterocycles. The standard InChI is InChI=1S/C20H24ClN3O4/c1-3-16-19(12(2)28-23-16)20(26)24-8-7-17(13(11-24)9-18(22)25)27-15-6-4-5-14(21)10-15/h4-6,10,13,17H,3,7-9,11H2,1-2H3,(H2,22,25)/t13-,17-/m0/s1. The van der Waals surface area contributed by atoms with Crippen molar-refractivity contribution < 1.29 is 18.8 Å². The molecule has 0 aliphatic carbocycles. The number of nitrogens with zero attached hydrogens (tertiary/aromatic N) is 2. The minimum absolute atomic E-state index is 0.133. The number of amides is 2. The van der Waals surface area contributed by atoms with Crippen LogP contribution in [0.4, 0.5) is 0 Å². The summed E-state index contributed by atoms with van der Waals surface area (Å²) in [7, 11) is 0. The van der Waals surface area contributed by atoms with Crippen molar-refractivity contribution in [1.29, 1.82) is 0 Å². The van der Waals surface area contributed by atoms with Gasteiger partial charge in [0.1, 0.15) is 23.2 Å². The molecule has 1 aromatic heterocycles. The maximum atomic E-state index is 13.1. The van der Waals surface area contributed by atoms with Crippen molar-refractivity contribution in [2.75, 3.05) is 13.1 Å². The van der Waals surface area contributed by atoms with Crippen molar-refractivity contribution in [1.82, 2.24) is 10.1 Å². The number of likely N-dealkylation sites (tertiary alicyclic amines) is 1. The number of hydrogen-bond acceptors (Lipinski definition) is 5. The molecule has 1 fully saturated rings. The molecule has 1 saturated heterocycles. The van der Waals surface area contributed by atoms with Gasteiger partial charge in [-0.05, 0) is 31.5 Å². The summed E-state index contributed by atoms with van der Waals surface area (Å²) in [6.07, 6.45) is 1.10. The van der Waals surface area contributed by atoms with Gasteiger partial charge in [0, 0.05) is 36.9 Å². The highest BCUT2D eigenvalue weighted by molar-refractivity contribution is 6.30. The molecule has 150 valence electrons. The first-order chi connectivity index (χ1) is 13.4. The topological polar surface area (TPSA) is 98.7 Å². The zero-order valence-electron chi connectivity index (χ0n) is 16.0. The minimum Gasteiger partial charge on any atom is -0.490 e. The second kappa shape index (κ2) is 8.65.